The standard InChI is InChI=1S/C15H21ClN4O2S/c16-13-2-1-12(23-13)9-18-5-7-19(8-6-18)11-15(22)20-4-3-17-14(21)10-20/h1-2H,3-11H2,(H,17,21). The molecule has 2 amide bonds. The minimum absolute atomic E-state index is 0.0540. The lowest BCUT2D eigenvalue weighted by atomic mass is 10.2. The van der Waals surface area contributed by atoms with E-state index in [1.54, 1.807) is 16.2 Å². The minimum Gasteiger partial charge on any atom is -0.353 e. The topological polar surface area (TPSA) is 55.9 Å². The van der Waals surface area contributed by atoms with Gasteiger partial charge in [0.25, 0.3) is 0 Å². The van der Waals surface area contributed by atoms with Gasteiger partial charge >= 0.3 is 0 Å². The van der Waals surface area contributed by atoms with E-state index in [2.05, 4.69) is 21.2 Å². The Hall–Kier alpha value is -1.15. The largest absolute Gasteiger partial charge is 0.353 e. The van der Waals surface area contributed by atoms with Crippen LogP contribution in [0.3, 0.4) is 0 Å². The van der Waals surface area contributed by atoms with Crippen LogP contribution in [-0.4, -0.2) is 78.9 Å². The van der Waals surface area contributed by atoms with Crippen molar-refractivity contribution in [3.8, 4) is 0 Å². The first-order chi connectivity index (χ1) is 11.1. The van der Waals surface area contributed by atoms with Gasteiger partial charge in [0.15, 0.2) is 0 Å². The van der Waals surface area contributed by atoms with Crippen molar-refractivity contribution in [1.29, 1.82) is 0 Å². The van der Waals surface area contributed by atoms with Crippen LogP contribution in [0.25, 0.3) is 0 Å². The van der Waals surface area contributed by atoms with Crippen LogP contribution in [0.5, 0.6) is 0 Å². The van der Waals surface area contributed by atoms with Crippen molar-refractivity contribution in [2.45, 2.75) is 6.54 Å². The molecule has 23 heavy (non-hydrogen) atoms. The number of carbonyl (C=O) groups excluding carboxylic acids is 2. The number of hydrogen-bond acceptors (Lipinski definition) is 5. The van der Waals surface area contributed by atoms with Gasteiger partial charge in [0.2, 0.25) is 11.8 Å². The summed E-state index contributed by atoms with van der Waals surface area (Å²) in [7, 11) is 0. The molecule has 0 saturated carbocycles. The molecule has 0 unspecified atom stereocenters. The summed E-state index contributed by atoms with van der Waals surface area (Å²) in [6.45, 7) is 6.35. The quantitative estimate of drug-likeness (QED) is 0.852. The van der Waals surface area contributed by atoms with Crippen LogP contribution < -0.4 is 5.32 Å². The Morgan fingerprint density at radius 3 is 2.57 bits per heavy atom. The van der Waals surface area contributed by atoms with Gasteiger partial charge in [-0.25, -0.2) is 0 Å². The first-order valence-electron chi connectivity index (χ1n) is 7.83. The van der Waals surface area contributed by atoms with Crippen molar-refractivity contribution in [2.75, 3.05) is 52.4 Å². The summed E-state index contributed by atoms with van der Waals surface area (Å²) in [5, 5.41) is 2.74. The van der Waals surface area contributed by atoms with Gasteiger partial charge in [-0.2, -0.15) is 0 Å². The van der Waals surface area contributed by atoms with Gasteiger partial charge in [-0.15, -0.1) is 11.3 Å². The summed E-state index contributed by atoms with van der Waals surface area (Å²) >= 11 is 7.59. The van der Waals surface area contributed by atoms with E-state index in [-0.39, 0.29) is 18.4 Å². The molecule has 3 rings (SSSR count). The van der Waals surface area contributed by atoms with E-state index in [0.29, 0.717) is 19.6 Å². The number of nitrogens with zero attached hydrogens (tertiary/aromatic N) is 3. The summed E-state index contributed by atoms with van der Waals surface area (Å²) < 4.78 is 0.829. The summed E-state index contributed by atoms with van der Waals surface area (Å²) in [5.74, 6) is -0.0117. The van der Waals surface area contributed by atoms with E-state index in [0.717, 1.165) is 37.1 Å². The van der Waals surface area contributed by atoms with Crippen LogP contribution >= 0.6 is 22.9 Å². The van der Waals surface area contributed by atoms with Gasteiger partial charge in [-0.3, -0.25) is 19.4 Å². The maximum absolute atomic E-state index is 12.3. The van der Waals surface area contributed by atoms with Gasteiger partial charge < -0.3 is 10.2 Å². The molecular formula is C15H21ClN4O2S. The third-order valence-corrected chi connectivity index (χ3v) is 5.44. The van der Waals surface area contributed by atoms with Crippen molar-refractivity contribution in [3.63, 3.8) is 0 Å². The molecule has 0 bridgehead atoms. The van der Waals surface area contributed by atoms with E-state index in [9.17, 15) is 9.59 Å². The molecule has 3 heterocycles. The van der Waals surface area contributed by atoms with E-state index in [1.165, 1.54) is 4.88 Å². The Morgan fingerprint density at radius 1 is 1.17 bits per heavy atom. The Bertz CT molecular complexity index is 572. The lowest BCUT2D eigenvalue weighted by molar-refractivity contribution is -0.139. The Morgan fingerprint density at radius 2 is 1.91 bits per heavy atom. The number of nitrogens with one attached hydrogen (secondary N) is 1. The van der Waals surface area contributed by atoms with E-state index < -0.39 is 0 Å². The van der Waals surface area contributed by atoms with E-state index >= 15 is 0 Å². The first-order valence-corrected chi connectivity index (χ1v) is 9.03. The molecule has 2 saturated heterocycles. The predicted molar refractivity (Wildman–Crippen MR) is 90.6 cm³/mol. The SMILES string of the molecule is O=C1CN(C(=O)CN2CCN(Cc3ccc(Cl)s3)CC2)CCN1. The predicted octanol–water partition coefficient (Wildman–Crippen LogP) is 0.478. The number of rotatable bonds is 4. The zero-order valence-electron chi connectivity index (χ0n) is 13.0. The second-order valence-corrected chi connectivity index (χ2v) is 7.72. The maximum Gasteiger partial charge on any atom is 0.239 e. The van der Waals surface area contributed by atoms with Gasteiger partial charge in [0, 0.05) is 50.7 Å². The summed E-state index contributed by atoms with van der Waals surface area (Å²) in [6.07, 6.45) is 0. The zero-order chi connectivity index (χ0) is 16.2. The lowest BCUT2D eigenvalue weighted by Crippen LogP contribution is -2.54. The monoisotopic (exact) mass is 356 g/mol. The van der Waals surface area contributed by atoms with Crippen LogP contribution in [0, 0.1) is 0 Å². The fourth-order valence-electron chi connectivity index (χ4n) is 2.91. The van der Waals surface area contributed by atoms with Crippen molar-refractivity contribution >= 4 is 34.8 Å². The van der Waals surface area contributed by atoms with Crippen molar-refractivity contribution in [3.05, 3.63) is 21.3 Å². The van der Waals surface area contributed by atoms with Gasteiger partial charge in [-0.1, -0.05) is 11.6 Å². The minimum atomic E-state index is -0.0657. The highest BCUT2D eigenvalue weighted by molar-refractivity contribution is 7.16. The average Bonchev–Trinajstić information content (AvgIpc) is 2.94. The third kappa shape index (κ3) is 4.67. The van der Waals surface area contributed by atoms with E-state index in [4.69, 9.17) is 11.6 Å². The molecule has 0 atom stereocenters. The number of hydrogen-bond donors (Lipinski definition) is 1. The highest BCUT2D eigenvalue weighted by Crippen LogP contribution is 2.23. The molecule has 2 fully saturated rings. The molecule has 2 aliphatic heterocycles. The maximum atomic E-state index is 12.3. The van der Waals surface area contributed by atoms with E-state index in [1.807, 2.05) is 6.07 Å². The number of piperazine rings is 2. The summed E-state index contributed by atoms with van der Waals surface area (Å²) in [5.41, 5.74) is 0. The normalized spacial score (nSPS) is 20.6. The molecule has 6 nitrogen and oxygen atoms in total. The van der Waals surface area contributed by atoms with Crippen LogP contribution in [-0.2, 0) is 16.1 Å². The van der Waals surface area contributed by atoms with Crippen molar-refractivity contribution in [2.24, 2.45) is 0 Å². The van der Waals surface area contributed by atoms with Gasteiger partial charge in [-0.05, 0) is 12.1 Å². The molecule has 0 aromatic carbocycles. The van der Waals surface area contributed by atoms with Crippen LogP contribution in [0.4, 0.5) is 0 Å². The van der Waals surface area contributed by atoms with Gasteiger partial charge in [0.05, 0.1) is 17.4 Å². The molecule has 1 aromatic rings. The fourth-order valence-corrected chi connectivity index (χ4v) is 4.04. The molecule has 2 aliphatic rings. The molecular weight excluding hydrogens is 336 g/mol. The van der Waals surface area contributed by atoms with Crippen LogP contribution in [0.15, 0.2) is 12.1 Å². The molecule has 1 aromatic heterocycles. The number of halogens is 1. The highest BCUT2D eigenvalue weighted by Gasteiger charge is 2.25. The molecule has 0 radical (unpaired) electrons. The smallest absolute Gasteiger partial charge is 0.239 e. The molecule has 8 heteroatoms. The van der Waals surface area contributed by atoms with Gasteiger partial charge in [0.1, 0.15) is 0 Å². The van der Waals surface area contributed by atoms with Crippen LogP contribution in [0.2, 0.25) is 4.34 Å². The number of carbonyl (C=O) groups is 2. The Labute approximate surface area is 145 Å². The summed E-state index contributed by atoms with van der Waals surface area (Å²) in [4.78, 5) is 31.1. The summed E-state index contributed by atoms with van der Waals surface area (Å²) in [6, 6.07) is 4.01. The molecule has 126 valence electrons. The second-order valence-electron chi connectivity index (χ2n) is 5.92. The highest BCUT2D eigenvalue weighted by atomic mass is 35.5. The number of amides is 2. The zero-order valence-corrected chi connectivity index (χ0v) is 14.5. The second kappa shape index (κ2) is 7.61. The molecule has 1 N–H and O–H groups in total. The Balaban J connectivity index is 1.42. The Kier molecular flexibility index (Phi) is 5.53. The molecule has 0 aliphatic carbocycles. The van der Waals surface area contributed by atoms with Crippen LogP contribution in [0.1, 0.15) is 4.88 Å². The average molecular weight is 357 g/mol. The number of thiophene rings is 1. The first kappa shape index (κ1) is 16.7. The van der Waals surface area contributed by atoms with Crippen molar-refractivity contribution in [1.82, 2.24) is 20.0 Å². The van der Waals surface area contributed by atoms with Crippen molar-refractivity contribution < 1.29 is 9.59 Å². The lowest BCUT2D eigenvalue weighted by Gasteiger charge is -2.35. The fraction of sp³-hybridized carbons (Fsp3) is 0.600. The third-order valence-electron chi connectivity index (χ3n) is 4.22. The molecule has 0 spiro atoms.